The van der Waals surface area contributed by atoms with Gasteiger partial charge >= 0.3 is 0 Å². The molecule has 0 aromatic heterocycles. The number of unbranched alkanes of at least 4 members (excludes halogenated alkanes) is 12. The summed E-state index contributed by atoms with van der Waals surface area (Å²) in [5.74, 6) is 0. The van der Waals surface area contributed by atoms with E-state index in [4.69, 9.17) is 9.98 Å². The zero-order chi connectivity index (χ0) is 35.1. The lowest BCUT2D eigenvalue weighted by Gasteiger charge is -2.17. The van der Waals surface area contributed by atoms with Gasteiger partial charge in [-0.2, -0.15) is 0 Å². The molecule has 2 nitrogen and oxygen atoms in total. The number of hydrogen-bond donors (Lipinski definition) is 0. The topological polar surface area (TPSA) is 24.7 Å². The van der Waals surface area contributed by atoms with Crippen LogP contribution in [0.2, 0.25) is 0 Å². The van der Waals surface area contributed by atoms with Crippen molar-refractivity contribution in [2.24, 2.45) is 9.98 Å². The molecule has 0 heterocycles. The Balaban J connectivity index is 1.94. The van der Waals surface area contributed by atoms with Gasteiger partial charge in [-0.3, -0.25) is 9.98 Å². The van der Waals surface area contributed by atoms with Gasteiger partial charge in [0.1, 0.15) is 0 Å². The van der Waals surface area contributed by atoms with E-state index in [0.29, 0.717) is 0 Å². The van der Waals surface area contributed by atoms with Crippen LogP contribution in [0.3, 0.4) is 0 Å². The molecular weight excluding hydrogens is 593 g/mol. The van der Waals surface area contributed by atoms with Crippen molar-refractivity contribution in [2.75, 3.05) is 0 Å². The molecule has 0 fully saturated rings. The van der Waals surface area contributed by atoms with Crippen molar-refractivity contribution in [1.82, 2.24) is 0 Å². The first-order valence-corrected chi connectivity index (χ1v) is 20.5. The molecule has 0 N–H and O–H groups in total. The van der Waals surface area contributed by atoms with Gasteiger partial charge in [-0.05, 0) is 122 Å². The van der Waals surface area contributed by atoms with Gasteiger partial charge in [0.15, 0.2) is 0 Å². The molecule has 0 amide bonds. The molecule has 2 heteroatoms. The highest BCUT2D eigenvalue weighted by Crippen LogP contribution is 2.34. The Hall–Kier alpha value is -3.00. The average Bonchev–Trinajstić information content (AvgIpc) is 3.12. The molecule has 0 aliphatic carbocycles. The Morgan fingerprint density at radius 1 is 0.469 bits per heavy atom. The summed E-state index contributed by atoms with van der Waals surface area (Å²) >= 11 is 0. The van der Waals surface area contributed by atoms with Gasteiger partial charge in [0, 0.05) is 0 Å². The van der Waals surface area contributed by atoms with Gasteiger partial charge in [0.05, 0.1) is 22.8 Å². The minimum atomic E-state index is 0.866. The van der Waals surface area contributed by atoms with Crippen molar-refractivity contribution in [2.45, 2.75) is 176 Å². The Labute approximate surface area is 302 Å². The summed E-state index contributed by atoms with van der Waals surface area (Å²) in [5, 5.41) is 0. The lowest BCUT2D eigenvalue weighted by molar-refractivity contribution is 0.605. The first-order chi connectivity index (χ1) is 24.0. The van der Waals surface area contributed by atoms with Gasteiger partial charge in [0.2, 0.25) is 0 Å². The zero-order valence-electron chi connectivity index (χ0n) is 32.5. The van der Waals surface area contributed by atoms with Crippen LogP contribution in [0.15, 0.2) is 70.6 Å². The SMILES string of the molecule is CCCCCCCCc1ccc(N=C(CC)C(C)=Nc2cc(CCCC)c(CCCCCC)c(-c3ccccc3)c2)cc1CCCCCC. The fourth-order valence-corrected chi connectivity index (χ4v) is 7.10. The summed E-state index contributed by atoms with van der Waals surface area (Å²) < 4.78 is 0. The van der Waals surface area contributed by atoms with Crippen LogP contribution in [0, 0.1) is 0 Å². The predicted molar refractivity (Wildman–Crippen MR) is 220 cm³/mol. The van der Waals surface area contributed by atoms with Gasteiger partial charge in [-0.25, -0.2) is 0 Å². The van der Waals surface area contributed by atoms with Crippen LogP contribution in [0.1, 0.15) is 173 Å². The van der Waals surface area contributed by atoms with E-state index in [2.05, 4.69) is 102 Å². The van der Waals surface area contributed by atoms with Gasteiger partial charge in [-0.1, -0.05) is 148 Å². The largest absolute Gasteiger partial charge is 0.252 e. The predicted octanol–water partition coefficient (Wildman–Crippen LogP) is 15.1. The number of rotatable bonds is 25. The van der Waals surface area contributed by atoms with E-state index >= 15 is 0 Å². The minimum absolute atomic E-state index is 0.866. The van der Waals surface area contributed by atoms with E-state index in [1.165, 1.54) is 143 Å². The summed E-state index contributed by atoms with van der Waals surface area (Å²) in [4.78, 5) is 10.6. The molecule has 0 spiro atoms. The standard InChI is InChI=1S/C47H70N2/c1-7-12-16-19-20-23-28-39-33-34-43(35-41(39)31-22-17-13-8-2)49-47(11-5)38(6)48-44-36-42(27-15-10-4)45(32-26-18-14-9-3)46(37-44)40-29-24-21-25-30-40/h21,24-25,29-30,33-37H,7-20,22-23,26-28,31-32H2,1-6H3. The van der Waals surface area contributed by atoms with E-state index in [0.717, 1.165) is 48.5 Å². The third kappa shape index (κ3) is 14.4. The maximum absolute atomic E-state index is 5.30. The molecule has 0 saturated heterocycles. The highest BCUT2D eigenvalue weighted by molar-refractivity contribution is 6.42. The summed E-state index contributed by atoms with van der Waals surface area (Å²) in [7, 11) is 0. The van der Waals surface area contributed by atoms with Crippen molar-refractivity contribution in [3.63, 3.8) is 0 Å². The van der Waals surface area contributed by atoms with E-state index in [1.54, 1.807) is 0 Å². The quantitative estimate of drug-likeness (QED) is 0.0637. The summed E-state index contributed by atoms with van der Waals surface area (Å²) in [6.07, 6.45) is 26.3. The molecule has 0 bridgehead atoms. The molecule has 0 unspecified atom stereocenters. The molecule has 0 aliphatic heterocycles. The average molecular weight is 663 g/mol. The molecule has 3 aromatic carbocycles. The molecule has 268 valence electrons. The molecule has 49 heavy (non-hydrogen) atoms. The van der Waals surface area contributed by atoms with Crippen LogP contribution < -0.4 is 0 Å². The van der Waals surface area contributed by atoms with E-state index < -0.39 is 0 Å². The molecule has 0 aliphatic rings. The van der Waals surface area contributed by atoms with Crippen molar-refractivity contribution in [1.29, 1.82) is 0 Å². The molecular formula is C47H70N2. The Morgan fingerprint density at radius 3 is 1.67 bits per heavy atom. The van der Waals surface area contributed by atoms with Crippen molar-refractivity contribution in [3.05, 3.63) is 82.9 Å². The molecule has 3 aromatic rings. The normalized spacial score (nSPS) is 12.2. The fourth-order valence-electron chi connectivity index (χ4n) is 7.10. The molecule has 0 atom stereocenters. The van der Waals surface area contributed by atoms with Crippen molar-refractivity contribution >= 4 is 22.8 Å². The Kier molecular flexibility index (Phi) is 20.0. The Morgan fingerprint density at radius 2 is 1.02 bits per heavy atom. The summed E-state index contributed by atoms with van der Waals surface area (Å²) in [5.41, 5.74) is 13.0. The van der Waals surface area contributed by atoms with Crippen LogP contribution in [0.5, 0.6) is 0 Å². The Bertz CT molecular complexity index is 1400. The monoisotopic (exact) mass is 663 g/mol. The smallest absolute Gasteiger partial charge is 0.0642 e. The lowest BCUT2D eigenvalue weighted by atomic mass is 9.89. The second-order valence-electron chi connectivity index (χ2n) is 14.3. The van der Waals surface area contributed by atoms with Gasteiger partial charge in [0.25, 0.3) is 0 Å². The van der Waals surface area contributed by atoms with Gasteiger partial charge < -0.3 is 0 Å². The fraction of sp³-hybridized carbons (Fsp3) is 0.574. The van der Waals surface area contributed by atoms with E-state index in [9.17, 15) is 0 Å². The number of hydrogen-bond acceptors (Lipinski definition) is 2. The lowest BCUT2D eigenvalue weighted by Crippen LogP contribution is -2.09. The second kappa shape index (κ2) is 24.2. The summed E-state index contributed by atoms with van der Waals surface area (Å²) in [6, 6.07) is 22.8. The van der Waals surface area contributed by atoms with E-state index in [1.807, 2.05) is 0 Å². The maximum Gasteiger partial charge on any atom is 0.0642 e. The van der Waals surface area contributed by atoms with Crippen molar-refractivity contribution in [3.8, 4) is 11.1 Å². The van der Waals surface area contributed by atoms with Crippen LogP contribution in [0.25, 0.3) is 11.1 Å². The molecule has 0 saturated carbocycles. The second-order valence-corrected chi connectivity index (χ2v) is 14.3. The first-order valence-electron chi connectivity index (χ1n) is 20.5. The molecule has 0 radical (unpaired) electrons. The number of benzene rings is 3. The third-order valence-electron chi connectivity index (χ3n) is 10.1. The van der Waals surface area contributed by atoms with Crippen LogP contribution >= 0.6 is 0 Å². The highest BCUT2D eigenvalue weighted by atomic mass is 14.8. The van der Waals surface area contributed by atoms with Gasteiger partial charge in [-0.15, -0.1) is 0 Å². The number of nitrogens with zero attached hydrogens (tertiary/aromatic N) is 2. The van der Waals surface area contributed by atoms with Crippen LogP contribution in [0.4, 0.5) is 11.4 Å². The highest BCUT2D eigenvalue weighted by Gasteiger charge is 2.14. The maximum atomic E-state index is 5.30. The minimum Gasteiger partial charge on any atom is -0.252 e. The number of aryl methyl sites for hydroxylation is 3. The number of aliphatic imine (C=N–C) groups is 2. The third-order valence-corrected chi connectivity index (χ3v) is 10.1. The van der Waals surface area contributed by atoms with Crippen molar-refractivity contribution < 1.29 is 0 Å². The summed E-state index contributed by atoms with van der Waals surface area (Å²) in [6.45, 7) is 13.6. The van der Waals surface area contributed by atoms with Crippen LogP contribution in [-0.2, 0) is 25.7 Å². The van der Waals surface area contributed by atoms with Crippen LogP contribution in [-0.4, -0.2) is 11.4 Å². The molecule has 3 rings (SSSR count). The van der Waals surface area contributed by atoms with E-state index in [-0.39, 0.29) is 0 Å². The zero-order valence-corrected chi connectivity index (χ0v) is 32.5. The first kappa shape index (κ1) is 40.4.